The summed E-state index contributed by atoms with van der Waals surface area (Å²) in [4.78, 5) is 9.42. The fourth-order valence-corrected chi connectivity index (χ4v) is 1.73. The Morgan fingerprint density at radius 2 is 2.36 bits per heavy atom. The smallest absolute Gasteiger partial charge is 0.321 e. The van der Waals surface area contributed by atoms with E-state index in [0.717, 1.165) is 5.01 Å². The second-order valence-corrected chi connectivity index (χ2v) is 4.18. The molecule has 0 saturated carbocycles. The van der Waals surface area contributed by atoms with Crippen LogP contribution in [0.25, 0.3) is 0 Å². The molecule has 1 N–H and O–H groups in total. The van der Waals surface area contributed by atoms with Gasteiger partial charge in [0.25, 0.3) is 0 Å². The fourth-order valence-electron chi connectivity index (χ4n) is 1.00. The zero-order valence-electron chi connectivity index (χ0n) is 7.94. The van der Waals surface area contributed by atoms with Gasteiger partial charge >= 0.3 is 6.01 Å². The normalized spacial score (nSPS) is 10.4. The van der Waals surface area contributed by atoms with Crippen LogP contribution in [0.1, 0.15) is 15.7 Å². The Hall–Kier alpha value is -1.43. The van der Waals surface area contributed by atoms with Gasteiger partial charge in [0.2, 0.25) is 0 Å². The van der Waals surface area contributed by atoms with Crippen LogP contribution < -0.4 is 5.32 Å². The van der Waals surface area contributed by atoms with Gasteiger partial charge in [-0.15, -0.1) is 11.3 Å². The van der Waals surface area contributed by atoms with E-state index in [1.807, 2.05) is 13.1 Å². The van der Waals surface area contributed by atoms with Crippen molar-refractivity contribution in [3.05, 3.63) is 21.9 Å². The van der Waals surface area contributed by atoms with Crippen molar-refractivity contribution in [3.8, 4) is 0 Å². The molecule has 2 aromatic rings. The molecule has 0 spiro atoms. The Labute approximate surface area is 85.2 Å². The number of anilines is 1. The van der Waals surface area contributed by atoms with Crippen molar-refractivity contribution in [2.75, 3.05) is 5.32 Å². The standard InChI is InChI=1S/C8H10N4OS/c1-5-3-9-7(14-5)4-10-8-11-6(2)12-13-8/h3H,4H2,1-2H3,(H,10,11,12). The summed E-state index contributed by atoms with van der Waals surface area (Å²) in [5, 5.41) is 7.68. The first kappa shape index (κ1) is 9.14. The average molecular weight is 210 g/mol. The number of nitrogens with one attached hydrogen (secondary N) is 1. The molecule has 0 aliphatic carbocycles. The lowest BCUT2D eigenvalue weighted by atomic mass is 10.6. The maximum atomic E-state index is 4.90. The van der Waals surface area contributed by atoms with Crippen molar-refractivity contribution in [3.63, 3.8) is 0 Å². The van der Waals surface area contributed by atoms with Crippen LogP contribution in [-0.2, 0) is 6.54 Å². The maximum absolute atomic E-state index is 4.90. The number of hydrogen-bond donors (Lipinski definition) is 1. The average Bonchev–Trinajstić information content (AvgIpc) is 2.72. The van der Waals surface area contributed by atoms with E-state index < -0.39 is 0 Å². The van der Waals surface area contributed by atoms with Gasteiger partial charge in [-0.05, 0) is 13.8 Å². The summed E-state index contributed by atoms with van der Waals surface area (Å²) < 4.78 is 4.90. The molecule has 0 unspecified atom stereocenters. The van der Waals surface area contributed by atoms with Gasteiger partial charge in [-0.3, -0.25) is 0 Å². The largest absolute Gasteiger partial charge is 0.331 e. The minimum absolute atomic E-state index is 0.440. The lowest BCUT2D eigenvalue weighted by Crippen LogP contribution is -1.98. The fraction of sp³-hybridized carbons (Fsp3) is 0.375. The van der Waals surface area contributed by atoms with E-state index in [9.17, 15) is 0 Å². The number of thiazole rings is 1. The molecule has 14 heavy (non-hydrogen) atoms. The molecule has 0 aliphatic heterocycles. The topological polar surface area (TPSA) is 63.8 Å². The molecule has 0 bridgehead atoms. The molecule has 6 heteroatoms. The van der Waals surface area contributed by atoms with Gasteiger partial charge in [-0.2, -0.15) is 4.98 Å². The third kappa shape index (κ3) is 2.08. The summed E-state index contributed by atoms with van der Waals surface area (Å²) in [5.74, 6) is 0.628. The van der Waals surface area contributed by atoms with E-state index in [-0.39, 0.29) is 0 Å². The SMILES string of the molecule is Cc1noc(NCc2ncc(C)s2)n1. The van der Waals surface area contributed by atoms with Gasteiger partial charge in [0.05, 0.1) is 6.54 Å². The summed E-state index contributed by atoms with van der Waals surface area (Å²) in [5.41, 5.74) is 0. The summed E-state index contributed by atoms with van der Waals surface area (Å²) >= 11 is 1.65. The summed E-state index contributed by atoms with van der Waals surface area (Å²) in [6.07, 6.45) is 1.85. The monoisotopic (exact) mass is 210 g/mol. The zero-order valence-corrected chi connectivity index (χ0v) is 8.76. The highest BCUT2D eigenvalue weighted by atomic mass is 32.1. The zero-order chi connectivity index (χ0) is 9.97. The highest BCUT2D eigenvalue weighted by molar-refractivity contribution is 7.11. The molecule has 2 heterocycles. The van der Waals surface area contributed by atoms with Gasteiger partial charge in [-0.25, -0.2) is 4.98 Å². The number of rotatable bonds is 3. The van der Waals surface area contributed by atoms with E-state index in [4.69, 9.17) is 4.52 Å². The van der Waals surface area contributed by atoms with E-state index in [0.29, 0.717) is 18.4 Å². The van der Waals surface area contributed by atoms with Crippen LogP contribution in [-0.4, -0.2) is 15.1 Å². The molecule has 0 amide bonds. The minimum Gasteiger partial charge on any atom is -0.331 e. The van der Waals surface area contributed by atoms with Crippen LogP contribution in [0.3, 0.4) is 0 Å². The maximum Gasteiger partial charge on any atom is 0.321 e. The van der Waals surface area contributed by atoms with E-state index in [2.05, 4.69) is 20.4 Å². The lowest BCUT2D eigenvalue weighted by molar-refractivity contribution is 0.425. The number of hydrogen-bond acceptors (Lipinski definition) is 6. The Morgan fingerprint density at radius 1 is 1.50 bits per heavy atom. The quantitative estimate of drug-likeness (QED) is 0.836. The predicted octanol–water partition coefficient (Wildman–Crippen LogP) is 1.76. The van der Waals surface area contributed by atoms with Crippen LogP contribution in [0.4, 0.5) is 6.01 Å². The molecule has 0 radical (unpaired) electrons. The van der Waals surface area contributed by atoms with Crippen molar-refractivity contribution < 1.29 is 4.52 Å². The molecule has 0 saturated heterocycles. The van der Waals surface area contributed by atoms with Crippen LogP contribution in [0.2, 0.25) is 0 Å². The first-order valence-corrected chi connectivity index (χ1v) is 5.01. The number of aryl methyl sites for hydroxylation is 2. The molecule has 0 atom stereocenters. The van der Waals surface area contributed by atoms with Crippen molar-refractivity contribution in [2.24, 2.45) is 0 Å². The van der Waals surface area contributed by atoms with Gasteiger partial charge < -0.3 is 9.84 Å². The predicted molar refractivity (Wildman–Crippen MR) is 53.2 cm³/mol. The Kier molecular flexibility index (Phi) is 2.45. The summed E-state index contributed by atoms with van der Waals surface area (Å²) in [7, 11) is 0. The Morgan fingerprint density at radius 3 is 2.93 bits per heavy atom. The molecule has 2 rings (SSSR count). The molecule has 0 aliphatic rings. The van der Waals surface area contributed by atoms with E-state index in [1.54, 1.807) is 18.3 Å². The summed E-state index contributed by atoms with van der Waals surface area (Å²) in [6, 6.07) is 0.440. The molecular formula is C8H10N4OS. The van der Waals surface area contributed by atoms with E-state index >= 15 is 0 Å². The molecule has 74 valence electrons. The second kappa shape index (κ2) is 3.75. The van der Waals surface area contributed by atoms with Gasteiger partial charge in [0.1, 0.15) is 5.01 Å². The minimum atomic E-state index is 0.440. The van der Waals surface area contributed by atoms with Gasteiger partial charge in [-0.1, -0.05) is 5.16 Å². The van der Waals surface area contributed by atoms with Crippen LogP contribution in [0.5, 0.6) is 0 Å². The number of nitrogens with zero attached hydrogens (tertiary/aromatic N) is 3. The third-order valence-electron chi connectivity index (χ3n) is 1.59. The van der Waals surface area contributed by atoms with Crippen molar-refractivity contribution >= 4 is 17.4 Å². The highest BCUT2D eigenvalue weighted by Gasteiger charge is 2.03. The first-order valence-electron chi connectivity index (χ1n) is 4.19. The third-order valence-corrected chi connectivity index (χ3v) is 2.50. The highest BCUT2D eigenvalue weighted by Crippen LogP contribution is 2.12. The van der Waals surface area contributed by atoms with E-state index in [1.165, 1.54) is 4.88 Å². The van der Waals surface area contributed by atoms with Crippen LogP contribution in [0, 0.1) is 13.8 Å². The molecule has 0 aromatic carbocycles. The lowest BCUT2D eigenvalue weighted by Gasteiger charge is -1.94. The molecule has 0 fully saturated rings. The summed E-state index contributed by atoms with van der Waals surface area (Å²) in [6.45, 7) is 4.43. The van der Waals surface area contributed by atoms with Crippen molar-refractivity contribution in [1.82, 2.24) is 15.1 Å². The van der Waals surface area contributed by atoms with Gasteiger partial charge in [0, 0.05) is 11.1 Å². The van der Waals surface area contributed by atoms with Crippen molar-refractivity contribution in [2.45, 2.75) is 20.4 Å². The molecule has 5 nitrogen and oxygen atoms in total. The molecule has 2 aromatic heterocycles. The van der Waals surface area contributed by atoms with Gasteiger partial charge in [0.15, 0.2) is 5.82 Å². The second-order valence-electron chi connectivity index (χ2n) is 2.86. The first-order chi connectivity index (χ1) is 6.74. The van der Waals surface area contributed by atoms with Crippen LogP contribution >= 0.6 is 11.3 Å². The number of aromatic nitrogens is 3. The Bertz CT molecular complexity index is 382. The van der Waals surface area contributed by atoms with Crippen molar-refractivity contribution in [1.29, 1.82) is 0 Å². The Balaban J connectivity index is 1.94. The van der Waals surface area contributed by atoms with Crippen LogP contribution in [0.15, 0.2) is 10.7 Å². The molecular weight excluding hydrogens is 200 g/mol.